The molecule has 2 aromatic carbocycles. The molecule has 0 aliphatic rings. The number of anilines is 2. The van der Waals surface area contributed by atoms with E-state index in [1.165, 1.54) is 36.9 Å². The molecule has 0 aliphatic carbocycles. The third-order valence-corrected chi connectivity index (χ3v) is 4.37. The highest BCUT2D eigenvalue weighted by Crippen LogP contribution is 2.37. The van der Waals surface area contributed by atoms with Gasteiger partial charge in [-0.15, -0.1) is 11.8 Å². The summed E-state index contributed by atoms with van der Waals surface area (Å²) in [5.74, 6) is -1.26. The molecule has 0 fully saturated rings. The summed E-state index contributed by atoms with van der Waals surface area (Å²) in [6.45, 7) is 1.18. The maximum atomic E-state index is 13.3. The molecule has 0 radical (unpaired) electrons. The number of hydrogen-bond acceptors (Lipinski definition) is 3. The Hall–Kier alpha value is -2.19. The summed E-state index contributed by atoms with van der Waals surface area (Å²) in [6, 6.07) is 7.82. The minimum absolute atomic E-state index is 0.0229. The molecule has 0 unspecified atom stereocenters. The van der Waals surface area contributed by atoms with Crippen LogP contribution in [0, 0.1) is 0 Å². The molecule has 0 spiro atoms. The summed E-state index contributed by atoms with van der Waals surface area (Å²) in [4.78, 5) is 24.2. The first-order valence-corrected chi connectivity index (χ1v) is 8.86. The minimum atomic E-state index is -4.72. The van der Waals surface area contributed by atoms with E-state index in [1.807, 2.05) is 0 Å². The Morgan fingerprint density at radius 1 is 1.08 bits per heavy atom. The molecule has 2 N–H and O–H groups in total. The van der Waals surface area contributed by atoms with Gasteiger partial charge in [0.2, 0.25) is 5.91 Å². The molecular formula is C17H14ClF3N2O2S. The summed E-state index contributed by atoms with van der Waals surface area (Å²) >= 11 is 7.36. The van der Waals surface area contributed by atoms with Crippen LogP contribution in [0.25, 0.3) is 0 Å². The van der Waals surface area contributed by atoms with Crippen LogP contribution < -0.4 is 10.6 Å². The van der Waals surface area contributed by atoms with Crippen LogP contribution in [-0.4, -0.2) is 18.1 Å². The summed E-state index contributed by atoms with van der Waals surface area (Å²) < 4.78 is 40.0. The Morgan fingerprint density at radius 2 is 1.77 bits per heavy atom. The van der Waals surface area contributed by atoms with Crippen LogP contribution in [-0.2, 0) is 11.0 Å². The summed E-state index contributed by atoms with van der Waals surface area (Å²) in [7, 11) is 0. The number of benzene rings is 2. The van der Waals surface area contributed by atoms with Crippen molar-refractivity contribution in [2.75, 3.05) is 16.9 Å². The molecule has 0 aliphatic heterocycles. The SMILES string of the molecule is CSc1ccc(Cl)c(C(=O)Nc2ccc(NC(C)=O)cc2C(F)(F)F)c1. The number of amides is 2. The number of carbonyl (C=O) groups excluding carboxylic acids is 2. The van der Waals surface area contributed by atoms with E-state index in [9.17, 15) is 22.8 Å². The molecule has 0 bridgehead atoms. The molecule has 2 rings (SSSR count). The number of hydrogen-bond donors (Lipinski definition) is 2. The number of thioether (sulfide) groups is 1. The lowest BCUT2D eigenvalue weighted by molar-refractivity contribution is -0.137. The maximum Gasteiger partial charge on any atom is 0.418 e. The van der Waals surface area contributed by atoms with Gasteiger partial charge >= 0.3 is 6.18 Å². The zero-order chi connectivity index (χ0) is 19.5. The second-order valence-corrected chi connectivity index (χ2v) is 6.53. The second-order valence-electron chi connectivity index (χ2n) is 5.24. The number of nitrogens with one attached hydrogen (secondary N) is 2. The van der Waals surface area contributed by atoms with Crippen LogP contribution in [0.1, 0.15) is 22.8 Å². The molecule has 0 saturated carbocycles. The van der Waals surface area contributed by atoms with Crippen molar-refractivity contribution in [3.05, 3.63) is 52.5 Å². The van der Waals surface area contributed by atoms with Crippen molar-refractivity contribution < 1.29 is 22.8 Å². The molecule has 2 amide bonds. The highest BCUT2D eigenvalue weighted by Gasteiger charge is 2.34. The predicted molar refractivity (Wildman–Crippen MR) is 96.9 cm³/mol. The van der Waals surface area contributed by atoms with Crippen LogP contribution in [0.15, 0.2) is 41.3 Å². The quantitative estimate of drug-likeness (QED) is 0.683. The van der Waals surface area contributed by atoms with E-state index in [2.05, 4.69) is 10.6 Å². The average Bonchev–Trinajstić information content (AvgIpc) is 2.55. The van der Waals surface area contributed by atoms with E-state index in [0.29, 0.717) is 0 Å². The Morgan fingerprint density at radius 3 is 2.35 bits per heavy atom. The second kappa shape index (κ2) is 8.01. The summed E-state index contributed by atoms with van der Waals surface area (Å²) in [5, 5.41) is 4.65. The average molecular weight is 403 g/mol. The van der Waals surface area contributed by atoms with Crippen molar-refractivity contribution in [2.24, 2.45) is 0 Å². The Bertz CT molecular complexity index is 856. The van der Waals surface area contributed by atoms with Crippen LogP contribution in [0.2, 0.25) is 5.02 Å². The van der Waals surface area contributed by atoms with E-state index in [0.717, 1.165) is 17.0 Å². The fourth-order valence-corrected chi connectivity index (χ4v) is 2.81. The van der Waals surface area contributed by atoms with E-state index in [1.54, 1.807) is 12.3 Å². The summed E-state index contributed by atoms with van der Waals surface area (Å²) in [6.07, 6.45) is -2.92. The monoisotopic (exact) mass is 402 g/mol. The highest BCUT2D eigenvalue weighted by atomic mass is 35.5. The van der Waals surface area contributed by atoms with Gasteiger partial charge in [0, 0.05) is 17.5 Å². The third-order valence-electron chi connectivity index (χ3n) is 3.31. The van der Waals surface area contributed by atoms with Gasteiger partial charge in [0.1, 0.15) is 0 Å². The van der Waals surface area contributed by atoms with E-state index >= 15 is 0 Å². The van der Waals surface area contributed by atoms with Gasteiger partial charge in [-0.2, -0.15) is 13.2 Å². The van der Waals surface area contributed by atoms with Gasteiger partial charge in [0.25, 0.3) is 5.91 Å². The van der Waals surface area contributed by atoms with Crippen LogP contribution >= 0.6 is 23.4 Å². The van der Waals surface area contributed by atoms with Gasteiger partial charge < -0.3 is 10.6 Å². The van der Waals surface area contributed by atoms with Crippen molar-refractivity contribution in [3.63, 3.8) is 0 Å². The molecule has 0 atom stereocenters. The van der Waals surface area contributed by atoms with Crippen molar-refractivity contribution in [2.45, 2.75) is 18.0 Å². The first-order valence-electron chi connectivity index (χ1n) is 7.25. The van der Waals surface area contributed by atoms with Crippen molar-refractivity contribution >= 4 is 46.6 Å². The number of halogens is 4. The molecular weight excluding hydrogens is 389 g/mol. The zero-order valence-corrected chi connectivity index (χ0v) is 15.3. The Balaban J connectivity index is 2.39. The van der Waals surface area contributed by atoms with Crippen molar-refractivity contribution in [1.29, 1.82) is 0 Å². The number of carbonyl (C=O) groups is 2. The lowest BCUT2D eigenvalue weighted by atomic mass is 10.1. The normalized spacial score (nSPS) is 11.2. The highest BCUT2D eigenvalue weighted by molar-refractivity contribution is 7.98. The third kappa shape index (κ3) is 4.92. The van der Waals surface area contributed by atoms with Gasteiger partial charge in [-0.25, -0.2) is 0 Å². The molecule has 0 heterocycles. The lowest BCUT2D eigenvalue weighted by Gasteiger charge is -2.16. The topological polar surface area (TPSA) is 58.2 Å². The lowest BCUT2D eigenvalue weighted by Crippen LogP contribution is -2.18. The van der Waals surface area contributed by atoms with Gasteiger partial charge in [0.05, 0.1) is 21.8 Å². The molecule has 0 saturated heterocycles. The van der Waals surface area contributed by atoms with Crippen LogP contribution in [0.3, 0.4) is 0 Å². The van der Waals surface area contributed by atoms with E-state index in [-0.39, 0.29) is 16.3 Å². The Kier molecular flexibility index (Phi) is 6.20. The van der Waals surface area contributed by atoms with Crippen LogP contribution in [0.5, 0.6) is 0 Å². The Labute approximate surface area is 157 Å². The molecule has 2 aromatic rings. The molecule has 26 heavy (non-hydrogen) atoms. The standard InChI is InChI=1S/C17H14ClF3N2O2S/c1-9(24)22-10-3-6-15(13(7-10)17(19,20)21)23-16(25)12-8-11(26-2)4-5-14(12)18/h3-8H,1-2H3,(H,22,24)(H,23,25). The van der Waals surface area contributed by atoms with Gasteiger partial charge in [-0.05, 0) is 42.7 Å². The molecule has 9 heteroatoms. The van der Waals surface area contributed by atoms with Crippen molar-refractivity contribution in [3.8, 4) is 0 Å². The fourth-order valence-electron chi connectivity index (χ4n) is 2.16. The molecule has 138 valence electrons. The van der Waals surface area contributed by atoms with Crippen molar-refractivity contribution in [1.82, 2.24) is 0 Å². The first-order chi connectivity index (χ1) is 12.1. The van der Waals surface area contributed by atoms with Crippen LogP contribution in [0.4, 0.5) is 24.5 Å². The van der Waals surface area contributed by atoms with Gasteiger partial charge in [-0.1, -0.05) is 11.6 Å². The summed E-state index contributed by atoms with van der Waals surface area (Å²) in [5.41, 5.74) is -1.46. The number of alkyl halides is 3. The largest absolute Gasteiger partial charge is 0.418 e. The predicted octanol–water partition coefficient (Wildman–Crippen LogP) is 5.29. The smallest absolute Gasteiger partial charge is 0.326 e. The minimum Gasteiger partial charge on any atom is -0.326 e. The van der Waals surface area contributed by atoms with E-state index < -0.39 is 29.2 Å². The molecule has 4 nitrogen and oxygen atoms in total. The van der Waals surface area contributed by atoms with E-state index in [4.69, 9.17) is 11.6 Å². The molecule has 0 aromatic heterocycles. The number of rotatable bonds is 4. The fraction of sp³-hybridized carbons (Fsp3) is 0.176. The maximum absolute atomic E-state index is 13.3. The first kappa shape index (κ1) is 20.1. The van der Waals surface area contributed by atoms with Gasteiger partial charge in [-0.3, -0.25) is 9.59 Å². The van der Waals surface area contributed by atoms with Gasteiger partial charge in [0.15, 0.2) is 0 Å². The zero-order valence-electron chi connectivity index (χ0n) is 13.7.